The molecule has 0 spiro atoms. The van der Waals surface area contributed by atoms with Crippen molar-refractivity contribution in [1.82, 2.24) is 39.9 Å². The first-order valence-electron chi connectivity index (χ1n) is 42.9. The number of hydrogen-bond acceptors (Lipinski definition) is 26. The summed E-state index contributed by atoms with van der Waals surface area (Å²) in [4.78, 5) is 62.5. The number of carbonyl (C=O) groups excluding carboxylic acids is 1. The molecule has 0 saturated carbocycles. The predicted octanol–water partition coefficient (Wildman–Crippen LogP) is 9.86. The van der Waals surface area contributed by atoms with Gasteiger partial charge in [-0.15, -0.1) is 0 Å². The Bertz CT molecular complexity index is 5920. The second kappa shape index (κ2) is 61.6. The van der Waals surface area contributed by atoms with Crippen molar-refractivity contribution in [2.75, 3.05) is 93.3 Å². The van der Waals surface area contributed by atoms with Gasteiger partial charge in [-0.2, -0.15) is 6.42 Å². The normalized spacial score (nSPS) is 17.1. The number of morpholine rings is 4. The molecule has 704 valence electrons. The third kappa shape index (κ3) is 36.5. The van der Waals surface area contributed by atoms with E-state index in [9.17, 15) is 0 Å². The van der Waals surface area contributed by atoms with Crippen molar-refractivity contribution in [3.63, 3.8) is 0 Å². The second-order valence-corrected chi connectivity index (χ2v) is 36.3. The summed E-state index contributed by atoms with van der Waals surface area (Å²) in [6.45, 7) is 42.8. The van der Waals surface area contributed by atoms with Crippen LogP contribution in [0.5, 0.6) is 17.2 Å². The molecule has 4 fully saturated rings. The Kier molecular flexibility index (Phi) is 53.7. The minimum atomic E-state index is -1.46. The van der Waals surface area contributed by atoms with E-state index >= 15 is 0 Å². The van der Waals surface area contributed by atoms with Gasteiger partial charge in [-0.1, -0.05) is 104 Å². The van der Waals surface area contributed by atoms with Gasteiger partial charge >= 0.3 is 136 Å². The molecule has 4 N–H and O–H groups in total. The molecular formula is C98H107B2Br4ClIK2LiN14O14. The van der Waals surface area contributed by atoms with Crippen molar-refractivity contribution in [2.45, 2.75) is 124 Å². The van der Waals surface area contributed by atoms with Crippen molar-refractivity contribution in [1.29, 1.82) is 0 Å². The Balaban J connectivity index is 0.000000291. The van der Waals surface area contributed by atoms with Crippen LogP contribution in [0.25, 0.3) is 75.8 Å². The van der Waals surface area contributed by atoms with E-state index in [0.717, 1.165) is 187 Å². The van der Waals surface area contributed by atoms with Gasteiger partial charge in [0.15, 0.2) is 11.4 Å². The van der Waals surface area contributed by atoms with Crippen LogP contribution in [0.3, 0.4) is 0 Å². The Morgan fingerprint density at radius 1 is 0.453 bits per heavy atom. The maximum atomic E-state index is 8.99. The summed E-state index contributed by atoms with van der Waals surface area (Å²) in [5.41, 5.74) is 10.4. The first-order chi connectivity index (χ1) is 64.4. The summed E-state index contributed by atoms with van der Waals surface area (Å²) in [6, 6.07) is 51.1. The van der Waals surface area contributed by atoms with E-state index in [1.54, 1.807) is 57.9 Å². The minimum Gasteiger partial charge on any atom is -1.00 e. The predicted molar refractivity (Wildman–Crippen MR) is 554 cm³/mol. The van der Waals surface area contributed by atoms with Crippen LogP contribution in [-0.2, 0) is 28.6 Å². The fraction of sp³-hybridized carbons (Fsp3) is 0.306. The first-order valence-corrected chi connectivity index (χ1v) is 47.5. The van der Waals surface area contributed by atoms with Crippen molar-refractivity contribution in [3.05, 3.63) is 270 Å². The number of nitrogens with zero attached hydrogens (tertiary/aromatic N) is 14. The molecule has 4 aliphatic rings. The zero-order valence-corrected chi connectivity index (χ0v) is 94.7. The zero-order chi connectivity index (χ0) is 97.1. The Morgan fingerprint density at radius 2 is 0.774 bits per heavy atom. The van der Waals surface area contributed by atoms with Crippen LogP contribution < -0.4 is 172 Å². The summed E-state index contributed by atoms with van der Waals surface area (Å²) in [7, 11) is 2.15. The molecule has 4 saturated heterocycles. The topological polar surface area (TPSA) is 320 Å². The van der Waals surface area contributed by atoms with Gasteiger partial charge in [0.2, 0.25) is 0 Å². The van der Waals surface area contributed by atoms with Crippen LogP contribution in [0.2, 0.25) is 5.15 Å². The molecule has 12 heterocycles. The van der Waals surface area contributed by atoms with Crippen molar-refractivity contribution in [2.24, 2.45) is 0 Å². The van der Waals surface area contributed by atoms with Crippen LogP contribution in [0.1, 0.15) is 76.6 Å². The van der Waals surface area contributed by atoms with E-state index in [0.29, 0.717) is 27.5 Å². The number of hydrogen-bond donors (Lipinski definition) is 4. The number of carbonyl (C=O) groups is 1. The number of ether oxygens (including phenoxy) is 7. The van der Waals surface area contributed by atoms with Crippen LogP contribution >= 0.6 is 97.9 Å². The van der Waals surface area contributed by atoms with Crippen LogP contribution in [0, 0.1) is 23.6 Å². The molecule has 8 atom stereocenters. The number of pyridine rings is 8. The number of rotatable bonds is 14. The standard InChI is InChI=1S/C28H26N4O2.C21H22BrN3O2.C11H17BN2O3.C11H15BrN2O.C10H7BrINO.C7H6BNO2.C5H3BrClN.C4H9.CH2O3.2K.Li.H/c1-18-16-32(17-19(2)34-18)26-13-10-21(14-30-26)25-15-31-27-23(6-5-7-24(27)28(25)33-4)20-8-11-22(29-3)12-9-20;1-13-11-25(12-14(2)27-13)19-8-7-15(9-23-19)17-10-24-20-16(21(17)26-3)5-4-6-18(20)22;1-8-6-14(7-9(2)17-8)11-4-3-10(5-13-11)12(15)16;1-8-6-14(7-9(2)15-8)11-4-3-10(12)5-13-11;1-14-10-6-3-2-4-7(11)9(6)13-5-8(10)12;1-9-7-4-2-6(3-5-7)8(10)11;6-4-1-2-5(7)8-3-4;1-3-4-2;2-1-4-3;;;;/h5-15,18-19H,16-17H2,1-2,4H3;4-10,13-14H,11-12H2,1-3H3;3-5,8-9,15-16H,6-7H2,1-2H3;3-5,8-9H,6-7H2,1-2H3;2-5H,1H3;2-5,10-11H;1-3H;1,3-4H2,2H3;1,3H;;;;/q;;;;;;;-1;;3*+1;-1/p-1/t18-,19+;13-,14+;2*8-,9+;;;;;;;;;. The Hall–Kier alpha value is -6.29. The Labute approximate surface area is 953 Å². The summed E-state index contributed by atoms with van der Waals surface area (Å²) < 4.78 is 44.9. The summed E-state index contributed by atoms with van der Waals surface area (Å²) in [5, 5.41) is 47.2. The molecule has 13 aromatic rings. The number of fused-ring (bicyclic) bond motifs is 3. The molecule has 0 bridgehead atoms. The smallest absolute Gasteiger partial charge is 1.00 e. The molecule has 0 aliphatic carbocycles. The first kappa shape index (κ1) is 119. The average molecular weight is 2290 g/mol. The third-order valence-corrected chi connectivity index (χ3v) is 23.8. The summed E-state index contributed by atoms with van der Waals surface area (Å²) in [6.07, 6.45) is 18.3. The maximum Gasteiger partial charge on any atom is 1.00 e. The second-order valence-electron chi connectivity index (χ2n) is 31.2. The van der Waals surface area contributed by atoms with E-state index < -0.39 is 14.2 Å². The zero-order valence-electron chi connectivity index (χ0n) is 80.2. The number of unbranched alkanes of at least 4 members (excludes halogenated alkanes) is 1. The number of anilines is 4. The molecule has 137 heavy (non-hydrogen) atoms. The van der Waals surface area contributed by atoms with E-state index in [2.05, 4.69) is 225 Å². The molecule has 0 unspecified atom stereocenters. The number of halogens is 6. The van der Waals surface area contributed by atoms with Gasteiger partial charge in [0, 0.05) is 169 Å². The van der Waals surface area contributed by atoms with E-state index in [4.69, 9.17) is 103 Å². The molecule has 0 amide bonds. The summed E-state index contributed by atoms with van der Waals surface area (Å²) >= 11 is 21.3. The Morgan fingerprint density at radius 3 is 1.09 bits per heavy atom. The van der Waals surface area contributed by atoms with Gasteiger partial charge in [0.05, 0.1) is 103 Å². The number of aromatic nitrogens is 8. The molecule has 8 aromatic heterocycles. The van der Waals surface area contributed by atoms with Gasteiger partial charge in [-0.25, -0.2) is 34.6 Å². The van der Waals surface area contributed by atoms with Crippen molar-refractivity contribution < 1.29 is 191 Å². The van der Waals surface area contributed by atoms with Gasteiger partial charge in [-0.3, -0.25) is 19.7 Å². The number of benzene rings is 5. The minimum absolute atomic E-state index is 0. The molecule has 5 aromatic carbocycles. The fourth-order valence-corrected chi connectivity index (χ4v) is 17.0. The van der Waals surface area contributed by atoms with E-state index in [1.165, 1.54) is 24.8 Å². The molecule has 0 radical (unpaired) electrons. The molecule has 4 aliphatic heterocycles. The molecule has 28 nitrogen and oxygen atoms in total. The number of methoxy groups -OCH3 is 3. The quantitative estimate of drug-likeness (QED) is 0.0150. The number of para-hydroxylation sites is 3. The van der Waals surface area contributed by atoms with Crippen LogP contribution in [0.15, 0.2) is 231 Å². The van der Waals surface area contributed by atoms with E-state index in [1.807, 2.05) is 148 Å². The third-order valence-electron chi connectivity index (χ3n) is 20.6. The van der Waals surface area contributed by atoms with Gasteiger partial charge in [-0.05, 0) is 238 Å². The van der Waals surface area contributed by atoms with Gasteiger partial charge in [0.25, 0.3) is 6.47 Å². The van der Waals surface area contributed by atoms with Gasteiger partial charge < -0.3 is 91.3 Å². The fourth-order valence-electron chi connectivity index (χ4n) is 14.8. The van der Waals surface area contributed by atoms with Crippen molar-refractivity contribution >= 4 is 197 Å². The average Bonchev–Trinajstić information content (AvgIpc) is 0.763. The van der Waals surface area contributed by atoms with Crippen LogP contribution in [-0.4, -0.2) is 203 Å². The monoisotopic (exact) mass is 2290 g/mol. The van der Waals surface area contributed by atoms with Crippen molar-refractivity contribution in [3.8, 4) is 50.6 Å². The van der Waals surface area contributed by atoms with Gasteiger partial charge in [0.1, 0.15) is 45.7 Å². The largest absolute Gasteiger partial charge is 1.00 e. The molecular weight excluding hydrogens is 2190 g/mol. The molecule has 17 rings (SSSR count). The summed E-state index contributed by atoms with van der Waals surface area (Å²) in [5.74, 6) is 6.26. The van der Waals surface area contributed by atoms with Crippen LogP contribution in [0.4, 0.5) is 34.6 Å². The molecule has 39 heteroatoms. The van der Waals surface area contributed by atoms with E-state index in [-0.39, 0.29) is 178 Å². The SMILES string of the molecule is COc1c(-c2ccc(N3C[C@@H](C)O[C@@H](C)C3)nc2)cnc2c(Br)cccc12.COc1c(I)cnc2c(Br)cccc12.C[C@@H]1CN(c2ccc(B(O)O)cn2)C[C@H](C)O1.C[C@@H]1CN(c2ccc(Br)cn2)C[C@H](C)O1.Clc1ccc(Br)cn1.O=CO[O-].[C-]#[N+]c1ccc(-c2cccc3c(OC)c(-c4ccc(N5C[C@@H](C)O[C@@H](C)C5)nc4)cnc23)cc1.[C-]#[N+]c1ccc(B(O)O)cc1.[CH2-]CCC.[H-].[K+].[K+].[Li+]. The maximum absolute atomic E-state index is 8.99.